The molecule has 5 heteroatoms. The van der Waals surface area contributed by atoms with Crippen LogP contribution in [0.4, 0.5) is 0 Å². The number of terminal acetylenes is 1. The zero-order valence-electron chi connectivity index (χ0n) is 17.0. The second-order valence-corrected chi connectivity index (χ2v) is 7.25. The lowest BCUT2D eigenvalue weighted by Gasteiger charge is -2.37. The van der Waals surface area contributed by atoms with Gasteiger partial charge in [0.2, 0.25) is 0 Å². The van der Waals surface area contributed by atoms with Crippen molar-refractivity contribution in [3.63, 3.8) is 0 Å². The molecule has 0 aliphatic heterocycles. The summed E-state index contributed by atoms with van der Waals surface area (Å²) in [5, 5.41) is 40.4. The molecule has 4 N–H and O–H groups in total. The molecule has 0 amide bonds. The fourth-order valence-corrected chi connectivity index (χ4v) is 3.59. The fourth-order valence-electron chi connectivity index (χ4n) is 3.59. The van der Waals surface area contributed by atoms with Crippen molar-refractivity contribution in [3.05, 3.63) is 108 Å². The minimum absolute atomic E-state index is 0.325. The van der Waals surface area contributed by atoms with Crippen molar-refractivity contribution < 1.29 is 25.2 Å². The molecule has 0 heterocycles. The van der Waals surface area contributed by atoms with Gasteiger partial charge in [0, 0.05) is 0 Å². The van der Waals surface area contributed by atoms with E-state index in [1.165, 1.54) is 0 Å². The van der Waals surface area contributed by atoms with Gasteiger partial charge in [0.25, 0.3) is 0 Å². The number of hydrogen-bond donors (Lipinski definition) is 4. The number of rotatable bonds is 9. The van der Waals surface area contributed by atoms with E-state index in [2.05, 4.69) is 0 Å². The third-order valence-corrected chi connectivity index (χ3v) is 5.25. The second-order valence-electron chi connectivity index (χ2n) is 7.25. The molecule has 5 nitrogen and oxygen atoms in total. The summed E-state index contributed by atoms with van der Waals surface area (Å²) in [4.78, 5) is 0. The van der Waals surface area contributed by atoms with Gasteiger partial charge in [-0.3, -0.25) is 0 Å². The molecule has 160 valence electrons. The van der Waals surface area contributed by atoms with Crippen molar-refractivity contribution in [3.8, 4) is 12.3 Å². The van der Waals surface area contributed by atoms with E-state index in [0.717, 1.165) is 16.7 Å². The maximum absolute atomic E-state index is 10.5. The second kappa shape index (κ2) is 10.4. The molecule has 0 aliphatic rings. The summed E-state index contributed by atoms with van der Waals surface area (Å²) in [6, 6.07) is 28.7. The standard InChI is InChI=1S/C26H26O5/c1-2-22(27)24(29)25(30)23(28)18-31-26(19-12-6-3-7-13-19,20-14-8-4-9-15-20)21-16-10-5-11-17-21/h1,3-17,22-25,27-30H,18H2/t22-,23-,24-,25-/m1/s1. The predicted molar refractivity (Wildman–Crippen MR) is 118 cm³/mol. The van der Waals surface area contributed by atoms with E-state index in [1.54, 1.807) is 0 Å². The van der Waals surface area contributed by atoms with Gasteiger partial charge in [-0.2, -0.15) is 0 Å². The highest BCUT2D eigenvalue weighted by molar-refractivity contribution is 5.47. The van der Waals surface area contributed by atoms with E-state index in [-0.39, 0.29) is 6.61 Å². The lowest BCUT2D eigenvalue weighted by atomic mass is 9.80. The first kappa shape index (κ1) is 22.7. The maximum atomic E-state index is 10.5. The van der Waals surface area contributed by atoms with Crippen molar-refractivity contribution >= 4 is 0 Å². The zero-order valence-corrected chi connectivity index (χ0v) is 17.0. The molecular formula is C26H26O5. The highest BCUT2D eigenvalue weighted by Crippen LogP contribution is 2.40. The third-order valence-electron chi connectivity index (χ3n) is 5.25. The topological polar surface area (TPSA) is 90.2 Å². The number of aliphatic hydroxyl groups excluding tert-OH is 4. The van der Waals surface area contributed by atoms with Crippen LogP contribution in [0.3, 0.4) is 0 Å². The van der Waals surface area contributed by atoms with Gasteiger partial charge in [-0.05, 0) is 16.7 Å². The smallest absolute Gasteiger partial charge is 0.143 e. The Balaban J connectivity index is 2.04. The summed E-state index contributed by atoms with van der Waals surface area (Å²) in [6.45, 7) is -0.325. The Morgan fingerprint density at radius 1 is 0.677 bits per heavy atom. The average molecular weight is 418 g/mol. The number of aliphatic hydroxyl groups is 4. The number of ether oxygens (including phenoxy) is 1. The fraction of sp³-hybridized carbons (Fsp3) is 0.231. The third kappa shape index (κ3) is 4.86. The summed E-state index contributed by atoms with van der Waals surface area (Å²) >= 11 is 0. The highest BCUT2D eigenvalue weighted by atomic mass is 16.5. The molecule has 3 aromatic rings. The van der Waals surface area contributed by atoms with E-state index in [0.29, 0.717) is 0 Å². The highest BCUT2D eigenvalue weighted by Gasteiger charge is 2.39. The van der Waals surface area contributed by atoms with Gasteiger partial charge in [0.1, 0.15) is 30.0 Å². The molecule has 3 aromatic carbocycles. The minimum atomic E-state index is -1.71. The Hall–Kier alpha value is -2.98. The summed E-state index contributed by atoms with van der Waals surface area (Å²) in [7, 11) is 0. The van der Waals surface area contributed by atoms with Gasteiger partial charge in [-0.15, -0.1) is 6.42 Å². The van der Waals surface area contributed by atoms with E-state index in [1.807, 2.05) is 96.9 Å². The van der Waals surface area contributed by atoms with Crippen LogP contribution in [0.1, 0.15) is 16.7 Å². The summed E-state index contributed by atoms with van der Waals surface area (Å²) < 4.78 is 6.38. The van der Waals surface area contributed by atoms with Crippen LogP contribution >= 0.6 is 0 Å². The molecule has 4 atom stereocenters. The monoisotopic (exact) mass is 418 g/mol. The molecular weight excluding hydrogens is 392 g/mol. The lowest BCUT2D eigenvalue weighted by molar-refractivity contribution is -0.126. The molecule has 0 unspecified atom stereocenters. The van der Waals surface area contributed by atoms with Crippen LogP contribution in [0.2, 0.25) is 0 Å². The molecule has 3 rings (SSSR count). The Bertz CT molecular complexity index is 872. The van der Waals surface area contributed by atoms with Crippen LogP contribution in [0.25, 0.3) is 0 Å². The molecule has 0 aromatic heterocycles. The van der Waals surface area contributed by atoms with Gasteiger partial charge in [0.15, 0.2) is 0 Å². The largest absolute Gasteiger partial charge is 0.388 e. The van der Waals surface area contributed by atoms with Crippen LogP contribution in [0, 0.1) is 12.3 Å². The Morgan fingerprint density at radius 2 is 1.06 bits per heavy atom. The minimum Gasteiger partial charge on any atom is -0.388 e. The van der Waals surface area contributed by atoms with E-state index >= 15 is 0 Å². The van der Waals surface area contributed by atoms with Crippen LogP contribution in [0.5, 0.6) is 0 Å². The molecule has 0 fully saturated rings. The van der Waals surface area contributed by atoms with Crippen LogP contribution in [0.15, 0.2) is 91.0 Å². The molecule has 0 radical (unpaired) electrons. The first-order chi connectivity index (χ1) is 15.0. The van der Waals surface area contributed by atoms with Gasteiger partial charge in [0.05, 0.1) is 6.61 Å². The Labute approximate surface area is 182 Å². The van der Waals surface area contributed by atoms with E-state index in [9.17, 15) is 20.4 Å². The first-order valence-electron chi connectivity index (χ1n) is 9.99. The predicted octanol–water partition coefficient (Wildman–Crippen LogP) is 2.07. The van der Waals surface area contributed by atoms with Crippen molar-refractivity contribution in [1.29, 1.82) is 0 Å². The average Bonchev–Trinajstić information content (AvgIpc) is 2.84. The van der Waals surface area contributed by atoms with Crippen LogP contribution < -0.4 is 0 Å². The molecule has 0 aliphatic carbocycles. The molecule has 0 spiro atoms. The SMILES string of the molecule is C#C[C@@H](O)[C@@H](O)[C@H](O)[C@H](O)COC(c1ccccc1)(c1ccccc1)c1ccccc1. The molecule has 0 saturated carbocycles. The van der Waals surface area contributed by atoms with Gasteiger partial charge in [-0.25, -0.2) is 0 Å². The molecule has 31 heavy (non-hydrogen) atoms. The Morgan fingerprint density at radius 3 is 1.42 bits per heavy atom. The summed E-state index contributed by atoms with van der Waals surface area (Å²) in [5.74, 6) is 1.94. The number of benzene rings is 3. The quantitative estimate of drug-likeness (QED) is 0.316. The van der Waals surface area contributed by atoms with Crippen LogP contribution in [-0.2, 0) is 10.3 Å². The van der Waals surface area contributed by atoms with Crippen molar-refractivity contribution in [2.45, 2.75) is 30.0 Å². The van der Waals surface area contributed by atoms with Crippen molar-refractivity contribution in [2.75, 3.05) is 6.61 Å². The first-order valence-corrected chi connectivity index (χ1v) is 9.99. The normalized spacial score (nSPS) is 15.5. The Kier molecular flexibility index (Phi) is 7.59. The van der Waals surface area contributed by atoms with Gasteiger partial charge >= 0.3 is 0 Å². The van der Waals surface area contributed by atoms with Gasteiger partial charge in [-0.1, -0.05) is 96.9 Å². The van der Waals surface area contributed by atoms with E-state index in [4.69, 9.17) is 11.2 Å². The zero-order chi connectivity index (χ0) is 22.3. The van der Waals surface area contributed by atoms with Crippen LogP contribution in [-0.4, -0.2) is 51.4 Å². The molecule has 0 bridgehead atoms. The summed E-state index contributed by atoms with van der Waals surface area (Å²) in [5.41, 5.74) is 1.41. The number of hydrogen-bond acceptors (Lipinski definition) is 5. The van der Waals surface area contributed by atoms with Gasteiger partial charge < -0.3 is 25.2 Å². The summed E-state index contributed by atoms with van der Waals surface area (Å²) in [6.07, 6.45) is -1.39. The lowest BCUT2D eigenvalue weighted by Crippen LogP contribution is -2.47. The van der Waals surface area contributed by atoms with Crippen molar-refractivity contribution in [1.82, 2.24) is 0 Å². The van der Waals surface area contributed by atoms with E-state index < -0.39 is 30.0 Å². The van der Waals surface area contributed by atoms with Crippen molar-refractivity contribution in [2.24, 2.45) is 0 Å². The molecule has 0 saturated heterocycles. The maximum Gasteiger partial charge on any atom is 0.143 e.